The second-order valence-electron chi connectivity index (χ2n) is 7.33. The molecule has 0 spiro atoms. The zero-order valence-corrected chi connectivity index (χ0v) is 15.5. The molecule has 1 amide bonds. The number of para-hydroxylation sites is 2. The van der Waals surface area contributed by atoms with E-state index in [0.717, 1.165) is 30.1 Å². The van der Waals surface area contributed by atoms with E-state index in [1.165, 1.54) is 12.8 Å². The van der Waals surface area contributed by atoms with Crippen LogP contribution in [0.4, 0.5) is 5.82 Å². The SMILES string of the molecule is O=C1NC(COc2ccccc2-n2cccc2)Nc2c1cnn2C1CCCC1. The number of aromatic nitrogens is 3. The van der Waals surface area contributed by atoms with Crippen LogP contribution >= 0.6 is 0 Å². The van der Waals surface area contributed by atoms with Crippen molar-refractivity contribution in [3.8, 4) is 11.4 Å². The van der Waals surface area contributed by atoms with Crippen molar-refractivity contribution in [3.05, 3.63) is 60.6 Å². The van der Waals surface area contributed by atoms with Gasteiger partial charge in [-0.15, -0.1) is 0 Å². The molecule has 3 aromatic rings. The van der Waals surface area contributed by atoms with Crippen LogP contribution in [-0.2, 0) is 0 Å². The Kier molecular flexibility index (Phi) is 4.27. The van der Waals surface area contributed by atoms with Gasteiger partial charge in [-0.1, -0.05) is 25.0 Å². The summed E-state index contributed by atoms with van der Waals surface area (Å²) in [4.78, 5) is 12.5. The zero-order chi connectivity index (χ0) is 18.9. The number of rotatable bonds is 5. The van der Waals surface area contributed by atoms with Crippen molar-refractivity contribution < 1.29 is 9.53 Å². The first-order valence-electron chi connectivity index (χ1n) is 9.80. The molecule has 1 atom stereocenters. The first-order valence-corrected chi connectivity index (χ1v) is 9.80. The maximum atomic E-state index is 12.5. The van der Waals surface area contributed by atoms with Crippen LogP contribution in [0.3, 0.4) is 0 Å². The molecule has 1 aliphatic carbocycles. The van der Waals surface area contributed by atoms with E-state index in [-0.39, 0.29) is 12.1 Å². The summed E-state index contributed by atoms with van der Waals surface area (Å²) in [5.74, 6) is 1.47. The summed E-state index contributed by atoms with van der Waals surface area (Å²) in [5, 5.41) is 10.9. The van der Waals surface area contributed by atoms with Crippen LogP contribution in [-0.4, -0.2) is 33.0 Å². The van der Waals surface area contributed by atoms with Crippen molar-refractivity contribution in [2.75, 3.05) is 11.9 Å². The smallest absolute Gasteiger partial charge is 0.258 e. The zero-order valence-electron chi connectivity index (χ0n) is 15.5. The molecule has 7 heteroatoms. The quantitative estimate of drug-likeness (QED) is 0.715. The van der Waals surface area contributed by atoms with Crippen LogP contribution in [0.15, 0.2) is 55.0 Å². The van der Waals surface area contributed by atoms with E-state index in [4.69, 9.17) is 4.74 Å². The first-order chi connectivity index (χ1) is 13.8. The van der Waals surface area contributed by atoms with Gasteiger partial charge in [0.25, 0.3) is 5.91 Å². The van der Waals surface area contributed by atoms with Crippen molar-refractivity contribution in [1.82, 2.24) is 19.7 Å². The molecule has 3 heterocycles. The molecule has 1 aromatic carbocycles. The van der Waals surface area contributed by atoms with Gasteiger partial charge in [0, 0.05) is 12.4 Å². The second-order valence-corrected chi connectivity index (χ2v) is 7.33. The van der Waals surface area contributed by atoms with Gasteiger partial charge in [0.05, 0.1) is 17.9 Å². The van der Waals surface area contributed by atoms with Crippen LogP contribution in [0.1, 0.15) is 42.1 Å². The van der Waals surface area contributed by atoms with E-state index in [1.807, 2.05) is 58.0 Å². The lowest BCUT2D eigenvalue weighted by atomic mass is 10.2. The molecular weight excluding hydrogens is 354 g/mol. The summed E-state index contributed by atoms with van der Waals surface area (Å²) in [7, 11) is 0. The minimum atomic E-state index is -0.311. The van der Waals surface area contributed by atoms with E-state index in [0.29, 0.717) is 18.2 Å². The van der Waals surface area contributed by atoms with Gasteiger partial charge in [0.2, 0.25) is 0 Å². The number of benzene rings is 1. The Morgan fingerprint density at radius 3 is 2.68 bits per heavy atom. The molecule has 0 radical (unpaired) electrons. The summed E-state index contributed by atoms with van der Waals surface area (Å²) < 4.78 is 10.1. The average Bonchev–Trinajstić information content (AvgIpc) is 3.47. The summed E-state index contributed by atoms with van der Waals surface area (Å²) in [6.45, 7) is 0.319. The molecule has 0 saturated heterocycles. The monoisotopic (exact) mass is 377 g/mol. The number of nitrogens with zero attached hydrogens (tertiary/aromatic N) is 3. The molecule has 1 saturated carbocycles. The van der Waals surface area contributed by atoms with Crippen LogP contribution < -0.4 is 15.4 Å². The summed E-state index contributed by atoms with van der Waals surface area (Å²) in [6, 6.07) is 12.2. The number of nitrogens with one attached hydrogen (secondary N) is 2. The highest BCUT2D eigenvalue weighted by Gasteiger charge is 2.31. The van der Waals surface area contributed by atoms with Crippen molar-refractivity contribution in [1.29, 1.82) is 0 Å². The molecule has 144 valence electrons. The van der Waals surface area contributed by atoms with Crippen molar-refractivity contribution in [2.45, 2.75) is 37.9 Å². The first kappa shape index (κ1) is 16.9. The number of hydrogen-bond donors (Lipinski definition) is 2. The normalized spacial score (nSPS) is 19.1. The van der Waals surface area contributed by atoms with Crippen LogP contribution in [0.25, 0.3) is 5.69 Å². The van der Waals surface area contributed by atoms with Crippen LogP contribution in [0.2, 0.25) is 0 Å². The highest BCUT2D eigenvalue weighted by molar-refractivity contribution is 6.00. The lowest BCUT2D eigenvalue weighted by Gasteiger charge is -2.28. The van der Waals surface area contributed by atoms with Gasteiger partial charge in [-0.2, -0.15) is 5.10 Å². The topological polar surface area (TPSA) is 73.1 Å². The number of anilines is 1. The molecule has 2 aromatic heterocycles. The predicted molar refractivity (Wildman–Crippen MR) is 106 cm³/mol. The fraction of sp³-hybridized carbons (Fsp3) is 0.333. The van der Waals surface area contributed by atoms with E-state index in [2.05, 4.69) is 15.7 Å². The lowest BCUT2D eigenvalue weighted by molar-refractivity contribution is 0.0921. The Morgan fingerprint density at radius 2 is 1.86 bits per heavy atom. The molecule has 28 heavy (non-hydrogen) atoms. The third-order valence-corrected chi connectivity index (χ3v) is 5.48. The Bertz CT molecular complexity index is 973. The Balaban J connectivity index is 1.33. The third kappa shape index (κ3) is 3.02. The molecule has 0 bridgehead atoms. The number of amides is 1. The fourth-order valence-corrected chi connectivity index (χ4v) is 4.08. The maximum Gasteiger partial charge on any atom is 0.258 e. The van der Waals surface area contributed by atoms with Gasteiger partial charge in [-0.25, -0.2) is 4.68 Å². The highest BCUT2D eigenvalue weighted by atomic mass is 16.5. The Hall–Kier alpha value is -3.22. The molecular formula is C21H23N5O2. The largest absolute Gasteiger partial charge is 0.487 e. The number of fused-ring (bicyclic) bond motifs is 1. The summed E-state index contributed by atoms with van der Waals surface area (Å²) >= 11 is 0. The fourth-order valence-electron chi connectivity index (χ4n) is 4.08. The second kappa shape index (κ2) is 7.07. The summed E-state index contributed by atoms with van der Waals surface area (Å²) in [5.41, 5.74) is 1.57. The molecule has 1 unspecified atom stereocenters. The standard InChI is InChI=1S/C21H23N5O2/c27-21-16-13-22-26(15-7-1-2-8-15)20(16)23-19(24-21)14-28-18-10-4-3-9-17(18)25-11-5-6-12-25/h3-6,9-13,15,19,23H,1-2,7-8,14H2,(H,24,27). The molecule has 7 nitrogen and oxygen atoms in total. The van der Waals surface area contributed by atoms with Crippen LogP contribution in [0, 0.1) is 0 Å². The average molecular weight is 377 g/mol. The molecule has 1 aliphatic heterocycles. The van der Waals surface area contributed by atoms with Gasteiger partial charge in [0.15, 0.2) is 0 Å². The molecule has 2 N–H and O–H groups in total. The Labute approximate surface area is 163 Å². The van der Waals surface area contributed by atoms with Gasteiger partial charge < -0.3 is 19.9 Å². The van der Waals surface area contributed by atoms with E-state index in [9.17, 15) is 4.79 Å². The minimum absolute atomic E-state index is 0.106. The molecule has 1 fully saturated rings. The van der Waals surface area contributed by atoms with Crippen molar-refractivity contribution in [2.24, 2.45) is 0 Å². The predicted octanol–water partition coefficient (Wildman–Crippen LogP) is 3.35. The number of carbonyl (C=O) groups is 1. The van der Waals surface area contributed by atoms with Gasteiger partial charge in [0.1, 0.15) is 29.9 Å². The molecule has 5 rings (SSSR count). The van der Waals surface area contributed by atoms with E-state index < -0.39 is 0 Å². The van der Waals surface area contributed by atoms with Crippen molar-refractivity contribution in [3.63, 3.8) is 0 Å². The highest BCUT2D eigenvalue weighted by Crippen LogP contribution is 2.33. The lowest BCUT2D eigenvalue weighted by Crippen LogP contribution is -2.48. The minimum Gasteiger partial charge on any atom is -0.487 e. The van der Waals surface area contributed by atoms with Crippen molar-refractivity contribution >= 4 is 11.7 Å². The number of hydrogen-bond acceptors (Lipinski definition) is 4. The number of carbonyl (C=O) groups excluding carboxylic acids is 1. The third-order valence-electron chi connectivity index (χ3n) is 5.48. The molecule has 2 aliphatic rings. The van der Waals surface area contributed by atoms with Gasteiger partial charge >= 0.3 is 0 Å². The van der Waals surface area contributed by atoms with E-state index >= 15 is 0 Å². The Morgan fingerprint density at radius 1 is 1.07 bits per heavy atom. The summed E-state index contributed by atoms with van der Waals surface area (Å²) in [6.07, 6.45) is 9.97. The van der Waals surface area contributed by atoms with Gasteiger partial charge in [-0.05, 0) is 37.1 Å². The van der Waals surface area contributed by atoms with Gasteiger partial charge in [-0.3, -0.25) is 4.79 Å². The maximum absolute atomic E-state index is 12.5. The van der Waals surface area contributed by atoms with Crippen LogP contribution in [0.5, 0.6) is 5.75 Å². The number of ether oxygens (including phenoxy) is 1. The van der Waals surface area contributed by atoms with E-state index in [1.54, 1.807) is 6.20 Å².